The third-order valence-electron chi connectivity index (χ3n) is 2.06. The number of hydrogen-bond donors (Lipinski definition) is 2. The molecule has 2 aromatic carbocycles. The van der Waals surface area contributed by atoms with Crippen molar-refractivity contribution >= 4 is 33.0 Å². The highest BCUT2D eigenvalue weighted by atomic mass is 79.9. The van der Waals surface area contributed by atoms with Crippen LogP contribution in [-0.2, 0) is 0 Å². The molecule has 0 spiro atoms. The lowest BCUT2D eigenvalue weighted by atomic mass is 10.2. The summed E-state index contributed by atoms with van der Waals surface area (Å²) in [7, 11) is 0. The van der Waals surface area contributed by atoms with Crippen LogP contribution in [0.1, 0.15) is 0 Å². The Bertz CT molecular complexity index is 469. The van der Waals surface area contributed by atoms with Crippen LogP contribution in [0.5, 0.6) is 0 Å². The molecule has 0 bridgehead atoms. The van der Waals surface area contributed by atoms with E-state index in [0.717, 1.165) is 21.5 Å². The Morgan fingerprint density at radius 3 is 2.53 bits per heavy atom. The van der Waals surface area contributed by atoms with Crippen molar-refractivity contribution in [3.05, 3.63) is 53.0 Å². The molecule has 0 atom stereocenters. The van der Waals surface area contributed by atoms with Gasteiger partial charge in [0.2, 0.25) is 0 Å². The van der Waals surface area contributed by atoms with E-state index in [0.29, 0.717) is 0 Å². The largest absolute Gasteiger partial charge is 0.397 e. The molecular weight excluding hydrogens is 252 g/mol. The number of halogens is 1. The van der Waals surface area contributed by atoms with Crippen LogP contribution in [0.3, 0.4) is 0 Å². The van der Waals surface area contributed by atoms with Gasteiger partial charge >= 0.3 is 0 Å². The molecule has 3 N–H and O–H groups in total. The maximum Gasteiger partial charge on any atom is 0.0617 e. The lowest BCUT2D eigenvalue weighted by Crippen LogP contribution is -1.95. The highest BCUT2D eigenvalue weighted by Gasteiger charge is 1.98. The summed E-state index contributed by atoms with van der Waals surface area (Å²) in [5.41, 5.74) is 8.52. The molecule has 0 amide bonds. The van der Waals surface area contributed by atoms with Crippen molar-refractivity contribution in [3.8, 4) is 0 Å². The van der Waals surface area contributed by atoms with Gasteiger partial charge in [0.1, 0.15) is 0 Å². The normalized spacial score (nSPS) is 9.93. The van der Waals surface area contributed by atoms with Crippen molar-refractivity contribution in [2.45, 2.75) is 0 Å². The molecule has 0 unspecified atom stereocenters. The van der Waals surface area contributed by atoms with Crippen molar-refractivity contribution in [2.75, 3.05) is 11.1 Å². The van der Waals surface area contributed by atoms with E-state index in [1.54, 1.807) is 0 Å². The van der Waals surface area contributed by atoms with Gasteiger partial charge in [-0.3, -0.25) is 0 Å². The van der Waals surface area contributed by atoms with Crippen LogP contribution in [0.4, 0.5) is 17.1 Å². The first-order valence-corrected chi connectivity index (χ1v) is 5.42. The Morgan fingerprint density at radius 2 is 1.80 bits per heavy atom. The van der Waals surface area contributed by atoms with E-state index in [-0.39, 0.29) is 0 Å². The van der Waals surface area contributed by atoms with Gasteiger partial charge in [0.15, 0.2) is 0 Å². The van der Waals surface area contributed by atoms with Crippen molar-refractivity contribution in [2.24, 2.45) is 0 Å². The van der Waals surface area contributed by atoms with Crippen molar-refractivity contribution in [1.82, 2.24) is 0 Å². The SMILES string of the molecule is Nc1ccccc1Nc1cccc(Br)c1. The standard InChI is InChI=1S/C12H11BrN2/c13-9-4-3-5-10(8-9)15-12-7-2-1-6-11(12)14/h1-8,15H,14H2. The van der Waals surface area contributed by atoms with Gasteiger partial charge in [0.05, 0.1) is 11.4 Å². The fourth-order valence-electron chi connectivity index (χ4n) is 1.33. The van der Waals surface area contributed by atoms with Gasteiger partial charge in [-0.15, -0.1) is 0 Å². The monoisotopic (exact) mass is 262 g/mol. The predicted molar refractivity (Wildman–Crippen MR) is 68.3 cm³/mol. The van der Waals surface area contributed by atoms with Gasteiger partial charge in [-0.1, -0.05) is 34.1 Å². The molecule has 0 saturated heterocycles. The second kappa shape index (κ2) is 4.36. The zero-order chi connectivity index (χ0) is 10.7. The van der Waals surface area contributed by atoms with Crippen molar-refractivity contribution in [1.29, 1.82) is 0 Å². The van der Waals surface area contributed by atoms with E-state index in [1.807, 2.05) is 48.5 Å². The molecule has 2 rings (SSSR count). The zero-order valence-corrected chi connectivity index (χ0v) is 9.66. The van der Waals surface area contributed by atoms with Crippen LogP contribution >= 0.6 is 15.9 Å². The molecular formula is C12H11BrN2. The minimum Gasteiger partial charge on any atom is -0.397 e. The number of hydrogen-bond acceptors (Lipinski definition) is 2. The molecule has 0 aliphatic rings. The smallest absolute Gasteiger partial charge is 0.0617 e. The predicted octanol–water partition coefficient (Wildman–Crippen LogP) is 3.77. The maximum atomic E-state index is 5.83. The summed E-state index contributed by atoms with van der Waals surface area (Å²) < 4.78 is 1.04. The molecule has 0 saturated carbocycles. The molecule has 2 aromatic rings. The molecule has 15 heavy (non-hydrogen) atoms. The van der Waals surface area contributed by atoms with Crippen LogP contribution in [-0.4, -0.2) is 0 Å². The van der Waals surface area contributed by atoms with Gasteiger partial charge in [0, 0.05) is 10.2 Å². The highest BCUT2D eigenvalue weighted by Crippen LogP contribution is 2.24. The third-order valence-corrected chi connectivity index (χ3v) is 2.56. The third kappa shape index (κ3) is 2.50. The molecule has 0 heterocycles. The summed E-state index contributed by atoms with van der Waals surface area (Å²) in [5.74, 6) is 0. The molecule has 0 aliphatic heterocycles. The van der Waals surface area contributed by atoms with E-state index in [1.165, 1.54) is 0 Å². The minimum absolute atomic E-state index is 0.748. The van der Waals surface area contributed by atoms with Crippen LogP contribution in [0.15, 0.2) is 53.0 Å². The maximum absolute atomic E-state index is 5.83. The molecule has 76 valence electrons. The Balaban J connectivity index is 2.26. The molecule has 0 aliphatic carbocycles. The summed E-state index contributed by atoms with van der Waals surface area (Å²) in [5, 5.41) is 3.26. The fourth-order valence-corrected chi connectivity index (χ4v) is 1.73. The number of para-hydroxylation sites is 2. The molecule has 0 aromatic heterocycles. The quantitative estimate of drug-likeness (QED) is 0.809. The zero-order valence-electron chi connectivity index (χ0n) is 8.07. The van der Waals surface area contributed by atoms with Crippen LogP contribution < -0.4 is 11.1 Å². The van der Waals surface area contributed by atoms with E-state index in [4.69, 9.17) is 5.73 Å². The topological polar surface area (TPSA) is 38.0 Å². The molecule has 0 radical (unpaired) electrons. The van der Waals surface area contributed by atoms with Crippen LogP contribution in [0.2, 0.25) is 0 Å². The fraction of sp³-hybridized carbons (Fsp3) is 0. The summed E-state index contributed by atoms with van der Waals surface area (Å²) in [6, 6.07) is 15.7. The first kappa shape index (κ1) is 10.1. The Hall–Kier alpha value is -1.48. The summed E-state index contributed by atoms with van der Waals surface area (Å²) in [6.45, 7) is 0. The van der Waals surface area contributed by atoms with Gasteiger partial charge < -0.3 is 11.1 Å². The number of nitrogens with two attached hydrogens (primary N) is 1. The van der Waals surface area contributed by atoms with Crippen LogP contribution in [0, 0.1) is 0 Å². The highest BCUT2D eigenvalue weighted by molar-refractivity contribution is 9.10. The van der Waals surface area contributed by atoms with Crippen molar-refractivity contribution in [3.63, 3.8) is 0 Å². The van der Waals surface area contributed by atoms with E-state index < -0.39 is 0 Å². The Kier molecular flexibility index (Phi) is 2.92. The van der Waals surface area contributed by atoms with E-state index in [2.05, 4.69) is 21.2 Å². The van der Waals surface area contributed by atoms with E-state index in [9.17, 15) is 0 Å². The number of nitrogen functional groups attached to an aromatic ring is 1. The molecule has 0 fully saturated rings. The lowest BCUT2D eigenvalue weighted by Gasteiger charge is -2.08. The van der Waals surface area contributed by atoms with Gasteiger partial charge in [-0.05, 0) is 30.3 Å². The summed E-state index contributed by atoms with van der Waals surface area (Å²) >= 11 is 3.42. The Labute approximate surface area is 97.2 Å². The second-order valence-corrected chi connectivity index (χ2v) is 4.14. The van der Waals surface area contributed by atoms with Gasteiger partial charge in [-0.2, -0.15) is 0 Å². The van der Waals surface area contributed by atoms with Crippen LogP contribution in [0.25, 0.3) is 0 Å². The van der Waals surface area contributed by atoms with Gasteiger partial charge in [-0.25, -0.2) is 0 Å². The second-order valence-electron chi connectivity index (χ2n) is 3.22. The van der Waals surface area contributed by atoms with E-state index >= 15 is 0 Å². The first-order valence-electron chi connectivity index (χ1n) is 4.63. The summed E-state index contributed by atoms with van der Waals surface area (Å²) in [4.78, 5) is 0. The van der Waals surface area contributed by atoms with Crippen molar-refractivity contribution < 1.29 is 0 Å². The first-order chi connectivity index (χ1) is 7.25. The van der Waals surface area contributed by atoms with Gasteiger partial charge in [0.25, 0.3) is 0 Å². The minimum atomic E-state index is 0.748. The number of rotatable bonds is 2. The molecule has 3 heteroatoms. The number of benzene rings is 2. The average molecular weight is 263 g/mol. The molecule has 2 nitrogen and oxygen atoms in total. The number of nitrogens with one attached hydrogen (secondary N) is 1. The average Bonchev–Trinajstić information content (AvgIpc) is 2.22. The Morgan fingerprint density at radius 1 is 1.00 bits per heavy atom. The lowest BCUT2D eigenvalue weighted by molar-refractivity contribution is 1.53. The number of anilines is 3. The summed E-state index contributed by atoms with van der Waals surface area (Å²) in [6.07, 6.45) is 0.